The van der Waals surface area contributed by atoms with Crippen molar-refractivity contribution >= 4 is 33.1 Å². The summed E-state index contributed by atoms with van der Waals surface area (Å²) in [4.78, 5) is 11.9. The quantitative estimate of drug-likeness (QED) is 0.839. The second-order valence-electron chi connectivity index (χ2n) is 4.99. The van der Waals surface area contributed by atoms with Crippen molar-refractivity contribution in [3.8, 4) is 0 Å². The van der Waals surface area contributed by atoms with Gasteiger partial charge in [-0.15, -0.1) is 0 Å². The Hall–Kier alpha value is -1.54. The molecule has 0 aromatic heterocycles. The maximum atomic E-state index is 13.3. The molecule has 2 rings (SSSR count). The molecule has 1 amide bonds. The van der Waals surface area contributed by atoms with Gasteiger partial charge in [0.2, 0.25) is 0 Å². The SMILES string of the molecule is CC1(C)C(=O)N(Cc2cc(F)ccc2C(N)=S)S1(=O)=O. The molecule has 1 aromatic rings. The van der Waals surface area contributed by atoms with E-state index in [1.165, 1.54) is 26.0 Å². The van der Waals surface area contributed by atoms with Gasteiger partial charge in [-0.1, -0.05) is 12.2 Å². The molecule has 0 bridgehead atoms. The lowest BCUT2D eigenvalue weighted by molar-refractivity contribution is -0.132. The minimum atomic E-state index is -3.73. The second-order valence-corrected chi connectivity index (χ2v) is 7.84. The molecule has 108 valence electrons. The minimum Gasteiger partial charge on any atom is -0.389 e. The molecule has 20 heavy (non-hydrogen) atoms. The van der Waals surface area contributed by atoms with E-state index in [0.717, 1.165) is 6.07 Å². The maximum absolute atomic E-state index is 13.3. The first-order valence-corrected chi connectivity index (χ1v) is 7.59. The third kappa shape index (κ3) is 1.99. The zero-order valence-electron chi connectivity index (χ0n) is 10.9. The molecule has 0 radical (unpaired) electrons. The first-order valence-electron chi connectivity index (χ1n) is 5.74. The third-order valence-electron chi connectivity index (χ3n) is 3.32. The average molecular weight is 316 g/mol. The number of rotatable bonds is 3. The van der Waals surface area contributed by atoms with E-state index in [4.69, 9.17) is 18.0 Å². The molecule has 1 aromatic carbocycles. The van der Waals surface area contributed by atoms with Gasteiger partial charge in [0, 0.05) is 5.56 Å². The monoisotopic (exact) mass is 316 g/mol. The maximum Gasteiger partial charge on any atom is 0.259 e. The van der Waals surface area contributed by atoms with E-state index in [1.54, 1.807) is 0 Å². The molecule has 1 aliphatic rings. The van der Waals surface area contributed by atoms with Gasteiger partial charge >= 0.3 is 0 Å². The van der Waals surface area contributed by atoms with Crippen LogP contribution in [0.3, 0.4) is 0 Å². The Morgan fingerprint density at radius 2 is 2.05 bits per heavy atom. The summed E-state index contributed by atoms with van der Waals surface area (Å²) in [6.07, 6.45) is 0. The third-order valence-corrected chi connectivity index (χ3v) is 5.88. The summed E-state index contributed by atoms with van der Waals surface area (Å²) in [5.74, 6) is -1.08. The van der Waals surface area contributed by atoms with Crippen LogP contribution in [0, 0.1) is 5.82 Å². The number of amides is 1. The molecule has 0 unspecified atom stereocenters. The number of thiocarbonyl (C=S) groups is 1. The van der Waals surface area contributed by atoms with Gasteiger partial charge in [0.15, 0.2) is 4.75 Å². The van der Waals surface area contributed by atoms with Crippen LogP contribution in [0.25, 0.3) is 0 Å². The predicted octanol–water partition coefficient (Wildman–Crippen LogP) is 0.911. The summed E-state index contributed by atoms with van der Waals surface area (Å²) in [6.45, 7) is 2.40. The topological polar surface area (TPSA) is 80.5 Å². The van der Waals surface area contributed by atoms with Crippen LogP contribution in [0.2, 0.25) is 0 Å². The Bertz CT molecular complexity index is 713. The van der Waals surface area contributed by atoms with Gasteiger partial charge in [0.05, 0.1) is 6.54 Å². The fourth-order valence-corrected chi connectivity index (χ4v) is 3.71. The Labute approximate surface area is 121 Å². The second kappa shape index (κ2) is 4.49. The highest BCUT2D eigenvalue weighted by Crippen LogP contribution is 2.36. The Kier molecular flexibility index (Phi) is 3.34. The summed E-state index contributed by atoms with van der Waals surface area (Å²) >= 11 is 4.83. The minimum absolute atomic E-state index is 0.0182. The molecule has 1 aliphatic heterocycles. The zero-order valence-corrected chi connectivity index (χ0v) is 12.5. The van der Waals surface area contributed by atoms with Crippen molar-refractivity contribution in [1.29, 1.82) is 0 Å². The molecule has 5 nitrogen and oxygen atoms in total. The summed E-state index contributed by atoms with van der Waals surface area (Å²) in [5.41, 5.74) is 6.14. The number of carbonyl (C=O) groups is 1. The normalized spacial score (nSPS) is 19.6. The number of hydrogen-bond acceptors (Lipinski definition) is 4. The van der Waals surface area contributed by atoms with Crippen molar-refractivity contribution in [1.82, 2.24) is 4.31 Å². The number of benzene rings is 1. The van der Waals surface area contributed by atoms with Crippen LogP contribution in [0.5, 0.6) is 0 Å². The molecule has 0 atom stereocenters. The summed E-state index contributed by atoms with van der Waals surface area (Å²) in [7, 11) is -3.73. The van der Waals surface area contributed by atoms with Gasteiger partial charge in [-0.25, -0.2) is 17.1 Å². The van der Waals surface area contributed by atoms with Crippen molar-refractivity contribution in [2.24, 2.45) is 5.73 Å². The predicted molar refractivity (Wildman–Crippen MR) is 75.8 cm³/mol. The Morgan fingerprint density at radius 1 is 1.45 bits per heavy atom. The molecule has 8 heteroatoms. The standard InChI is InChI=1S/C12H13FN2O3S2/c1-12(2)11(16)15(20(12,17)18)6-7-5-8(13)3-4-9(7)10(14)19/h3-5H,6H2,1-2H3,(H2,14,19). The highest BCUT2D eigenvalue weighted by Gasteiger charge is 2.59. The largest absolute Gasteiger partial charge is 0.389 e. The van der Waals surface area contributed by atoms with Gasteiger partial charge < -0.3 is 5.73 Å². The molecule has 2 N–H and O–H groups in total. The van der Waals surface area contributed by atoms with Gasteiger partial charge in [-0.2, -0.15) is 0 Å². The van der Waals surface area contributed by atoms with E-state index < -0.39 is 26.5 Å². The number of carbonyl (C=O) groups excluding carboxylic acids is 1. The van der Waals surface area contributed by atoms with E-state index >= 15 is 0 Å². The molecule has 1 saturated heterocycles. The van der Waals surface area contributed by atoms with Crippen molar-refractivity contribution < 1.29 is 17.6 Å². The van der Waals surface area contributed by atoms with Crippen molar-refractivity contribution in [3.63, 3.8) is 0 Å². The fraction of sp³-hybridized carbons (Fsp3) is 0.333. The summed E-state index contributed by atoms with van der Waals surface area (Å²) in [6, 6.07) is 3.67. The lowest BCUT2D eigenvalue weighted by Gasteiger charge is -2.43. The number of hydrogen-bond donors (Lipinski definition) is 1. The lowest BCUT2D eigenvalue weighted by Crippen LogP contribution is -2.66. The van der Waals surface area contributed by atoms with Crippen molar-refractivity contribution in [2.45, 2.75) is 25.1 Å². The fourth-order valence-electron chi connectivity index (χ4n) is 2.00. The molecule has 0 saturated carbocycles. The van der Waals surface area contributed by atoms with Gasteiger partial charge in [0.1, 0.15) is 10.8 Å². The van der Waals surface area contributed by atoms with Crippen LogP contribution in [-0.2, 0) is 21.4 Å². The Morgan fingerprint density at radius 3 is 2.55 bits per heavy atom. The van der Waals surface area contributed by atoms with E-state index in [1.807, 2.05) is 0 Å². The van der Waals surface area contributed by atoms with Crippen LogP contribution in [0.4, 0.5) is 4.39 Å². The molecule has 1 fully saturated rings. The lowest BCUT2D eigenvalue weighted by atomic mass is 10.1. The molecule has 0 spiro atoms. The first kappa shape index (κ1) is 14.9. The van der Waals surface area contributed by atoms with E-state index in [9.17, 15) is 17.6 Å². The van der Waals surface area contributed by atoms with Crippen molar-refractivity contribution in [2.75, 3.05) is 0 Å². The van der Waals surface area contributed by atoms with Crippen LogP contribution in [0.1, 0.15) is 25.0 Å². The van der Waals surface area contributed by atoms with Crippen LogP contribution < -0.4 is 5.73 Å². The molecule has 0 aliphatic carbocycles. The molecular formula is C12H13FN2O3S2. The summed E-state index contributed by atoms with van der Waals surface area (Å²) in [5, 5.41) is 0. The van der Waals surface area contributed by atoms with Gasteiger partial charge in [-0.3, -0.25) is 4.79 Å². The number of sulfonamides is 1. The first-order chi connectivity index (χ1) is 9.09. The number of halogens is 1. The Balaban J connectivity index is 2.40. The van der Waals surface area contributed by atoms with E-state index in [2.05, 4.69) is 0 Å². The zero-order chi connectivity index (χ0) is 15.3. The number of nitrogens with two attached hydrogens (primary N) is 1. The van der Waals surface area contributed by atoms with Crippen molar-refractivity contribution in [3.05, 3.63) is 35.1 Å². The summed E-state index contributed by atoms with van der Waals surface area (Å²) < 4.78 is 36.6. The number of nitrogens with zero attached hydrogens (tertiary/aromatic N) is 1. The average Bonchev–Trinajstić information content (AvgIpc) is 2.34. The van der Waals surface area contributed by atoms with Crippen LogP contribution in [0.15, 0.2) is 18.2 Å². The van der Waals surface area contributed by atoms with E-state index in [0.29, 0.717) is 9.87 Å². The highest BCUT2D eigenvalue weighted by molar-refractivity contribution is 7.94. The van der Waals surface area contributed by atoms with E-state index in [-0.39, 0.29) is 17.1 Å². The highest BCUT2D eigenvalue weighted by atomic mass is 32.2. The van der Waals surface area contributed by atoms with Crippen LogP contribution >= 0.6 is 12.2 Å². The molecule has 1 heterocycles. The smallest absolute Gasteiger partial charge is 0.259 e. The van der Waals surface area contributed by atoms with Gasteiger partial charge in [-0.05, 0) is 37.6 Å². The van der Waals surface area contributed by atoms with Crippen LogP contribution in [-0.4, -0.2) is 28.4 Å². The van der Waals surface area contributed by atoms with Gasteiger partial charge in [0.25, 0.3) is 15.9 Å². The molecular weight excluding hydrogens is 303 g/mol.